The second kappa shape index (κ2) is 15.4. The summed E-state index contributed by atoms with van der Waals surface area (Å²) in [4.78, 5) is 30.7. The number of nitrogens with zero attached hydrogens (tertiary/aromatic N) is 2. The summed E-state index contributed by atoms with van der Waals surface area (Å²) in [6, 6.07) is 20.7. The lowest BCUT2D eigenvalue weighted by Gasteiger charge is -2.38. The van der Waals surface area contributed by atoms with Gasteiger partial charge in [0.2, 0.25) is 5.91 Å². The Balaban J connectivity index is 1.50. The van der Waals surface area contributed by atoms with Gasteiger partial charge in [0.1, 0.15) is 23.4 Å². The molecule has 224 valence electrons. The summed E-state index contributed by atoms with van der Waals surface area (Å²) in [6.45, 7) is 2.73. The molecule has 8 heteroatoms. The van der Waals surface area contributed by atoms with Crippen LogP contribution in [-0.4, -0.2) is 71.6 Å². The molecule has 0 unspecified atom stereocenters. The number of benzene rings is 3. The molecule has 3 aromatic rings. The molecule has 1 fully saturated rings. The molecule has 8 nitrogen and oxygen atoms in total. The van der Waals surface area contributed by atoms with Crippen molar-refractivity contribution in [3.05, 3.63) is 89.5 Å². The average Bonchev–Trinajstić information content (AvgIpc) is 3.54. The number of phenolic OH excluding ortho intramolecular Hbond substituents is 1. The van der Waals surface area contributed by atoms with Crippen LogP contribution in [0.3, 0.4) is 0 Å². The number of rotatable bonds is 15. The molecular formula is C34H42N2O6. The molecule has 42 heavy (non-hydrogen) atoms. The summed E-state index contributed by atoms with van der Waals surface area (Å²) >= 11 is 0. The normalized spacial score (nSPS) is 14.7. The number of hydrogen-bond acceptors (Lipinski definition) is 7. The molecule has 0 radical (unpaired) electrons. The highest BCUT2D eigenvalue weighted by atomic mass is 16.5. The smallest absolute Gasteiger partial charge is 0.223 e. The number of carbonyl (C=O) groups is 2. The lowest BCUT2D eigenvalue weighted by Crippen LogP contribution is -2.49. The van der Waals surface area contributed by atoms with Crippen molar-refractivity contribution in [3.8, 4) is 17.2 Å². The fourth-order valence-corrected chi connectivity index (χ4v) is 5.44. The molecule has 4 rings (SSSR count). The molecule has 0 aromatic heterocycles. The number of aliphatic hydroxyl groups excluding tert-OH is 1. The first kappa shape index (κ1) is 31.1. The first-order valence-corrected chi connectivity index (χ1v) is 14.7. The van der Waals surface area contributed by atoms with Crippen LogP contribution in [0.2, 0.25) is 0 Å². The van der Waals surface area contributed by atoms with Gasteiger partial charge < -0.3 is 29.5 Å². The summed E-state index contributed by atoms with van der Waals surface area (Å²) in [7, 11) is 3.20. The number of unbranched alkanes of at least 4 members (excludes halogenated alkanes) is 1. The van der Waals surface area contributed by atoms with E-state index < -0.39 is 12.1 Å². The molecule has 0 saturated carbocycles. The lowest BCUT2D eigenvalue weighted by molar-refractivity contribution is -0.138. The van der Waals surface area contributed by atoms with Gasteiger partial charge in [-0.2, -0.15) is 0 Å². The lowest BCUT2D eigenvalue weighted by atomic mass is 9.98. The topological polar surface area (TPSA) is 99.5 Å². The van der Waals surface area contributed by atoms with Crippen LogP contribution in [0.1, 0.15) is 66.1 Å². The van der Waals surface area contributed by atoms with Crippen LogP contribution in [0.25, 0.3) is 0 Å². The standard InChI is InChI=1S/C34H42N2O6/c1-41-29-17-9-25(10-18-29)23-36(33(39)8-4-3-7-32(38)26-13-19-30(42-2)20-14-26)31(24-35-21-5-6-22-35)34(40)27-11-15-28(37)16-12-27/h9-20,31,34,37,40H,3-8,21-24H2,1-2H3/t31-,34-/m1/s1. The second-order valence-corrected chi connectivity index (χ2v) is 10.8. The predicted molar refractivity (Wildman–Crippen MR) is 162 cm³/mol. The third kappa shape index (κ3) is 8.57. The summed E-state index contributed by atoms with van der Waals surface area (Å²) in [5.41, 5.74) is 2.21. The van der Waals surface area contributed by atoms with Crippen molar-refractivity contribution in [2.75, 3.05) is 33.9 Å². The number of ether oxygens (including phenoxy) is 2. The van der Waals surface area contributed by atoms with Crippen LogP contribution in [0, 0.1) is 0 Å². The van der Waals surface area contributed by atoms with Crippen LogP contribution in [-0.2, 0) is 11.3 Å². The Hall–Kier alpha value is -3.88. The van der Waals surface area contributed by atoms with E-state index in [2.05, 4.69) is 4.90 Å². The Morgan fingerprint density at radius 2 is 1.40 bits per heavy atom. The van der Waals surface area contributed by atoms with E-state index in [0.29, 0.717) is 49.2 Å². The van der Waals surface area contributed by atoms with Gasteiger partial charge in [-0.3, -0.25) is 9.59 Å². The predicted octanol–water partition coefficient (Wildman–Crippen LogP) is 5.38. The number of likely N-dealkylation sites (tertiary alicyclic amines) is 1. The number of aromatic hydroxyl groups is 1. The zero-order valence-corrected chi connectivity index (χ0v) is 24.6. The van der Waals surface area contributed by atoms with E-state index in [1.807, 2.05) is 24.3 Å². The summed E-state index contributed by atoms with van der Waals surface area (Å²) < 4.78 is 10.5. The second-order valence-electron chi connectivity index (χ2n) is 10.8. The Morgan fingerprint density at radius 1 is 0.833 bits per heavy atom. The van der Waals surface area contributed by atoms with Gasteiger partial charge in [0.15, 0.2) is 5.78 Å². The fraction of sp³-hybridized carbons (Fsp3) is 0.412. The van der Waals surface area contributed by atoms with Gasteiger partial charge in [-0.1, -0.05) is 24.3 Å². The summed E-state index contributed by atoms with van der Waals surface area (Å²) in [5, 5.41) is 21.4. The number of amides is 1. The number of phenols is 1. The number of Topliss-reactive ketones (excluding diaryl/α,β-unsaturated/α-hetero) is 1. The minimum atomic E-state index is -0.940. The van der Waals surface area contributed by atoms with Gasteiger partial charge in [0, 0.05) is 31.5 Å². The van der Waals surface area contributed by atoms with E-state index >= 15 is 0 Å². The van der Waals surface area contributed by atoms with Gasteiger partial charge in [0.05, 0.1) is 20.3 Å². The molecule has 1 saturated heterocycles. The van der Waals surface area contributed by atoms with Crippen molar-refractivity contribution in [3.63, 3.8) is 0 Å². The van der Waals surface area contributed by atoms with Crippen LogP contribution < -0.4 is 9.47 Å². The Kier molecular flexibility index (Phi) is 11.4. The number of carbonyl (C=O) groups excluding carboxylic acids is 2. The van der Waals surface area contributed by atoms with E-state index in [9.17, 15) is 19.8 Å². The van der Waals surface area contributed by atoms with Gasteiger partial charge in [0.25, 0.3) is 0 Å². The van der Waals surface area contributed by atoms with Crippen LogP contribution in [0.4, 0.5) is 0 Å². The molecule has 2 atom stereocenters. The molecule has 0 spiro atoms. The molecule has 0 bridgehead atoms. The first-order chi connectivity index (χ1) is 20.4. The number of methoxy groups -OCH3 is 2. The van der Waals surface area contributed by atoms with E-state index in [0.717, 1.165) is 37.2 Å². The number of ketones is 1. The van der Waals surface area contributed by atoms with Crippen LogP contribution in [0.5, 0.6) is 17.2 Å². The van der Waals surface area contributed by atoms with Gasteiger partial charge in [-0.15, -0.1) is 0 Å². The fourth-order valence-electron chi connectivity index (χ4n) is 5.44. The van der Waals surface area contributed by atoms with Crippen molar-refractivity contribution in [1.29, 1.82) is 0 Å². The van der Waals surface area contributed by atoms with E-state index in [4.69, 9.17) is 9.47 Å². The van der Waals surface area contributed by atoms with Crippen molar-refractivity contribution < 1.29 is 29.3 Å². The molecule has 2 N–H and O–H groups in total. The van der Waals surface area contributed by atoms with Gasteiger partial charge in [-0.25, -0.2) is 0 Å². The van der Waals surface area contributed by atoms with E-state index in [-0.39, 0.29) is 23.9 Å². The molecule has 1 aliphatic rings. The third-order valence-electron chi connectivity index (χ3n) is 7.93. The number of aliphatic hydroxyl groups is 1. The summed E-state index contributed by atoms with van der Waals surface area (Å²) in [6.07, 6.45) is 3.02. The highest BCUT2D eigenvalue weighted by Gasteiger charge is 2.33. The van der Waals surface area contributed by atoms with Crippen molar-refractivity contribution in [1.82, 2.24) is 9.80 Å². The summed E-state index contributed by atoms with van der Waals surface area (Å²) in [5.74, 6) is 1.53. The zero-order chi connectivity index (χ0) is 29.9. The molecule has 0 aliphatic carbocycles. The zero-order valence-electron chi connectivity index (χ0n) is 24.6. The van der Waals surface area contributed by atoms with Crippen LogP contribution >= 0.6 is 0 Å². The maximum Gasteiger partial charge on any atom is 0.223 e. The minimum absolute atomic E-state index is 0.0369. The van der Waals surface area contributed by atoms with Crippen molar-refractivity contribution >= 4 is 11.7 Å². The molecule has 3 aromatic carbocycles. The maximum absolute atomic E-state index is 13.9. The first-order valence-electron chi connectivity index (χ1n) is 14.7. The Labute approximate surface area is 248 Å². The molecular weight excluding hydrogens is 532 g/mol. The van der Waals surface area contributed by atoms with Crippen molar-refractivity contribution in [2.45, 2.75) is 57.2 Å². The molecule has 1 amide bonds. The van der Waals surface area contributed by atoms with E-state index in [1.54, 1.807) is 67.7 Å². The minimum Gasteiger partial charge on any atom is -0.508 e. The quantitative estimate of drug-likeness (QED) is 0.186. The largest absolute Gasteiger partial charge is 0.508 e. The molecule has 1 heterocycles. The average molecular weight is 575 g/mol. The van der Waals surface area contributed by atoms with Gasteiger partial charge in [-0.05, 0) is 98.4 Å². The highest BCUT2D eigenvalue weighted by molar-refractivity contribution is 5.96. The van der Waals surface area contributed by atoms with Crippen LogP contribution in [0.15, 0.2) is 72.8 Å². The Bertz CT molecular complexity index is 1270. The van der Waals surface area contributed by atoms with Crippen molar-refractivity contribution in [2.24, 2.45) is 0 Å². The monoisotopic (exact) mass is 574 g/mol. The SMILES string of the molecule is COc1ccc(CN(C(=O)CCCCC(=O)c2ccc(OC)cc2)[C@H](CN2CCCC2)[C@H](O)c2ccc(O)cc2)cc1. The Morgan fingerprint density at radius 3 is 2.00 bits per heavy atom. The van der Waals surface area contributed by atoms with E-state index in [1.165, 1.54) is 0 Å². The maximum atomic E-state index is 13.9. The molecule has 1 aliphatic heterocycles. The number of hydrogen-bond donors (Lipinski definition) is 2. The highest BCUT2D eigenvalue weighted by Crippen LogP contribution is 2.28. The van der Waals surface area contributed by atoms with Gasteiger partial charge >= 0.3 is 0 Å². The third-order valence-corrected chi connectivity index (χ3v) is 7.93.